The van der Waals surface area contributed by atoms with Gasteiger partial charge in [-0.2, -0.15) is 0 Å². The summed E-state index contributed by atoms with van der Waals surface area (Å²) in [5, 5.41) is 5.10. The average Bonchev–Trinajstić information content (AvgIpc) is 2.52. The molecule has 3 N–H and O–H groups in total. The lowest BCUT2D eigenvalue weighted by molar-refractivity contribution is -0.120. The van der Waals surface area contributed by atoms with Gasteiger partial charge in [0.1, 0.15) is 0 Å². The van der Waals surface area contributed by atoms with Crippen molar-refractivity contribution in [3.63, 3.8) is 0 Å². The largest absolute Gasteiger partial charge is 0.349 e. The highest BCUT2D eigenvalue weighted by molar-refractivity contribution is 5.96. The first-order valence-electron chi connectivity index (χ1n) is 6.29. The second kappa shape index (κ2) is 6.99. The summed E-state index contributed by atoms with van der Waals surface area (Å²) in [4.78, 5) is 40.6. The molecule has 0 aliphatic heterocycles. The number of hydrogen-bond donors (Lipinski definition) is 3. The molecule has 0 atom stereocenters. The summed E-state index contributed by atoms with van der Waals surface area (Å²) in [5.74, 6) is -0.752. The lowest BCUT2D eigenvalue weighted by Crippen LogP contribution is -2.36. The Hall–Kier alpha value is -2.96. The van der Waals surface area contributed by atoms with Gasteiger partial charge in [0.15, 0.2) is 0 Å². The minimum absolute atomic E-state index is 0.148. The summed E-state index contributed by atoms with van der Waals surface area (Å²) in [5.41, 5.74) is 0.726. The van der Waals surface area contributed by atoms with E-state index in [0.29, 0.717) is 6.54 Å². The van der Waals surface area contributed by atoms with Gasteiger partial charge in [-0.1, -0.05) is 6.07 Å². The number of hydrogen-bond acceptors (Lipinski definition) is 4. The molecule has 0 aliphatic rings. The van der Waals surface area contributed by atoms with Gasteiger partial charge in [-0.05, 0) is 18.2 Å². The molecule has 2 heterocycles. The van der Waals surface area contributed by atoms with Crippen molar-refractivity contribution in [1.82, 2.24) is 20.6 Å². The van der Waals surface area contributed by atoms with Crippen LogP contribution in [0.15, 0.2) is 47.5 Å². The van der Waals surface area contributed by atoms with Gasteiger partial charge < -0.3 is 15.6 Å². The fraction of sp³-hybridized carbons (Fsp3) is 0.143. The fourth-order valence-corrected chi connectivity index (χ4v) is 1.57. The molecule has 7 nitrogen and oxygen atoms in total. The molecule has 0 saturated carbocycles. The molecule has 0 spiro atoms. The standard InChI is InChI=1S/C14H14N4O3/c19-12-5-4-10(7-16-12)14(21)18-9-13(20)17-8-11-3-1-2-6-15-11/h1-7H,8-9H2,(H,16,19)(H,17,20)(H,18,21). The Labute approximate surface area is 120 Å². The maximum absolute atomic E-state index is 11.7. The Balaban J connectivity index is 1.77. The summed E-state index contributed by atoms with van der Waals surface area (Å²) in [6.45, 7) is 0.152. The van der Waals surface area contributed by atoms with Crippen LogP contribution in [0.25, 0.3) is 0 Å². The number of nitrogens with one attached hydrogen (secondary N) is 3. The molecule has 0 fully saturated rings. The van der Waals surface area contributed by atoms with Crippen molar-refractivity contribution in [2.24, 2.45) is 0 Å². The topological polar surface area (TPSA) is 104 Å². The van der Waals surface area contributed by atoms with Gasteiger partial charge >= 0.3 is 0 Å². The van der Waals surface area contributed by atoms with Crippen LogP contribution >= 0.6 is 0 Å². The third kappa shape index (κ3) is 4.57. The zero-order chi connectivity index (χ0) is 15.1. The van der Waals surface area contributed by atoms with E-state index in [1.165, 1.54) is 18.3 Å². The number of aromatic amines is 1. The molecule has 7 heteroatoms. The van der Waals surface area contributed by atoms with Gasteiger partial charge in [0, 0.05) is 18.5 Å². The molecule has 2 aromatic heterocycles. The smallest absolute Gasteiger partial charge is 0.253 e. The van der Waals surface area contributed by atoms with Crippen LogP contribution in [0.3, 0.4) is 0 Å². The minimum atomic E-state index is -0.431. The van der Waals surface area contributed by atoms with Crippen LogP contribution in [-0.4, -0.2) is 28.3 Å². The molecule has 0 bridgehead atoms. The normalized spacial score (nSPS) is 9.90. The Morgan fingerprint density at radius 2 is 2.00 bits per heavy atom. The Morgan fingerprint density at radius 3 is 2.67 bits per heavy atom. The van der Waals surface area contributed by atoms with E-state index in [9.17, 15) is 14.4 Å². The van der Waals surface area contributed by atoms with Crippen molar-refractivity contribution >= 4 is 11.8 Å². The first-order chi connectivity index (χ1) is 10.1. The summed E-state index contributed by atoms with van der Waals surface area (Å²) < 4.78 is 0. The van der Waals surface area contributed by atoms with E-state index < -0.39 is 5.91 Å². The number of pyridine rings is 2. The van der Waals surface area contributed by atoms with Gasteiger partial charge in [-0.3, -0.25) is 19.4 Å². The second-order valence-corrected chi connectivity index (χ2v) is 4.22. The lowest BCUT2D eigenvalue weighted by atomic mass is 10.2. The molecule has 0 aliphatic carbocycles. The van der Waals surface area contributed by atoms with E-state index in [2.05, 4.69) is 20.6 Å². The highest BCUT2D eigenvalue weighted by Gasteiger charge is 2.07. The predicted octanol–water partition coefficient (Wildman–Crippen LogP) is -0.184. The zero-order valence-electron chi connectivity index (χ0n) is 11.1. The fourth-order valence-electron chi connectivity index (χ4n) is 1.57. The summed E-state index contributed by atoms with van der Waals surface area (Å²) in [7, 11) is 0. The number of carbonyl (C=O) groups is 2. The van der Waals surface area contributed by atoms with Crippen molar-refractivity contribution in [3.05, 3.63) is 64.3 Å². The molecule has 0 aromatic carbocycles. The molecule has 0 unspecified atom stereocenters. The molecule has 2 rings (SSSR count). The Kier molecular flexibility index (Phi) is 4.81. The third-order valence-corrected chi connectivity index (χ3v) is 2.65. The van der Waals surface area contributed by atoms with Crippen molar-refractivity contribution in [2.75, 3.05) is 6.54 Å². The van der Waals surface area contributed by atoms with E-state index in [1.807, 2.05) is 6.07 Å². The molecule has 2 aromatic rings. The first-order valence-corrected chi connectivity index (χ1v) is 6.29. The number of amides is 2. The number of carbonyl (C=O) groups excluding carboxylic acids is 2. The first kappa shape index (κ1) is 14.4. The monoisotopic (exact) mass is 286 g/mol. The van der Waals surface area contributed by atoms with E-state index >= 15 is 0 Å². The van der Waals surface area contributed by atoms with E-state index in [-0.39, 0.29) is 23.6 Å². The summed E-state index contributed by atoms with van der Waals surface area (Å²) in [6.07, 6.45) is 2.93. The van der Waals surface area contributed by atoms with Gasteiger partial charge in [0.05, 0.1) is 24.3 Å². The van der Waals surface area contributed by atoms with E-state index in [1.54, 1.807) is 18.3 Å². The average molecular weight is 286 g/mol. The molecule has 0 saturated heterocycles. The Bertz CT molecular complexity index is 662. The minimum Gasteiger partial charge on any atom is -0.349 e. The highest BCUT2D eigenvalue weighted by Crippen LogP contribution is 1.93. The van der Waals surface area contributed by atoms with Crippen LogP contribution < -0.4 is 16.2 Å². The van der Waals surface area contributed by atoms with Crippen molar-refractivity contribution in [3.8, 4) is 0 Å². The molecule has 0 radical (unpaired) electrons. The van der Waals surface area contributed by atoms with Gasteiger partial charge in [0.25, 0.3) is 5.91 Å². The molecular formula is C14H14N4O3. The van der Waals surface area contributed by atoms with Crippen LogP contribution in [0.2, 0.25) is 0 Å². The summed E-state index contributed by atoms with van der Waals surface area (Å²) >= 11 is 0. The van der Waals surface area contributed by atoms with Crippen molar-refractivity contribution in [1.29, 1.82) is 0 Å². The molecule has 108 valence electrons. The molecule has 21 heavy (non-hydrogen) atoms. The third-order valence-electron chi connectivity index (χ3n) is 2.65. The van der Waals surface area contributed by atoms with Crippen LogP contribution in [0.4, 0.5) is 0 Å². The SMILES string of the molecule is O=C(CNC(=O)c1ccc(=O)[nH]c1)NCc1ccccn1. The van der Waals surface area contributed by atoms with Crippen LogP contribution in [0.1, 0.15) is 16.1 Å². The quantitative estimate of drug-likeness (QED) is 0.709. The van der Waals surface area contributed by atoms with Crippen LogP contribution in [-0.2, 0) is 11.3 Å². The van der Waals surface area contributed by atoms with Crippen molar-refractivity contribution in [2.45, 2.75) is 6.54 Å². The van der Waals surface area contributed by atoms with E-state index in [0.717, 1.165) is 5.69 Å². The number of rotatable bonds is 5. The maximum atomic E-state index is 11.7. The van der Waals surface area contributed by atoms with Crippen LogP contribution in [0, 0.1) is 0 Å². The second-order valence-electron chi connectivity index (χ2n) is 4.22. The van der Waals surface area contributed by atoms with E-state index in [4.69, 9.17) is 0 Å². The number of H-pyrrole nitrogens is 1. The van der Waals surface area contributed by atoms with Gasteiger partial charge in [0.2, 0.25) is 11.5 Å². The number of nitrogens with zero attached hydrogens (tertiary/aromatic N) is 1. The van der Waals surface area contributed by atoms with Gasteiger partial charge in [-0.25, -0.2) is 0 Å². The summed E-state index contributed by atoms with van der Waals surface area (Å²) in [6, 6.07) is 8.04. The van der Waals surface area contributed by atoms with Gasteiger partial charge in [-0.15, -0.1) is 0 Å². The predicted molar refractivity (Wildman–Crippen MR) is 75.5 cm³/mol. The highest BCUT2D eigenvalue weighted by atomic mass is 16.2. The molecule has 2 amide bonds. The zero-order valence-corrected chi connectivity index (χ0v) is 11.1. The number of aromatic nitrogens is 2. The molecular weight excluding hydrogens is 272 g/mol. The van der Waals surface area contributed by atoms with Crippen LogP contribution in [0.5, 0.6) is 0 Å². The Morgan fingerprint density at radius 1 is 1.14 bits per heavy atom. The maximum Gasteiger partial charge on any atom is 0.253 e. The lowest BCUT2D eigenvalue weighted by Gasteiger charge is -2.06. The van der Waals surface area contributed by atoms with Crippen molar-refractivity contribution < 1.29 is 9.59 Å².